The molecule has 5 nitrogen and oxygen atoms in total. The number of nitrogens with zero attached hydrogens (tertiary/aromatic N) is 1. The fourth-order valence-corrected chi connectivity index (χ4v) is 4.57. The summed E-state index contributed by atoms with van der Waals surface area (Å²) in [6, 6.07) is 10.9. The molecule has 1 aromatic heterocycles. The van der Waals surface area contributed by atoms with Crippen LogP contribution in [0.4, 0.5) is 5.13 Å². The van der Waals surface area contributed by atoms with Crippen molar-refractivity contribution in [2.45, 2.75) is 19.3 Å². The van der Waals surface area contributed by atoms with Crippen molar-refractivity contribution in [1.82, 2.24) is 4.98 Å². The number of aryl methyl sites for hydroxylation is 1. The number of benzene rings is 2. The van der Waals surface area contributed by atoms with E-state index in [0.29, 0.717) is 32.9 Å². The van der Waals surface area contributed by atoms with Crippen LogP contribution in [-0.4, -0.2) is 24.0 Å². The highest BCUT2D eigenvalue weighted by Crippen LogP contribution is 2.31. The van der Waals surface area contributed by atoms with Gasteiger partial charge in [-0.2, -0.15) is 0 Å². The van der Waals surface area contributed by atoms with Crippen LogP contribution in [0.2, 0.25) is 10.0 Å². The van der Waals surface area contributed by atoms with E-state index in [1.807, 2.05) is 23.6 Å². The van der Waals surface area contributed by atoms with Gasteiger partial charge in [-0.15, -0.1) is 11.3 Å². The number of thiazole rings is 1. The van der Waals surface area contributed by atoms with Gasteiger partial charge in [0.15, 0.2) is 5.13 Å². The van der Waals surface area contributed by atoms with E-state index in [9.17, 15) is 9.59 Å². The average Bonchev–Trinajstić information content (AvgIpc) is 3.22. The first-order chi connectivity index (χ1) is 14.4. The fraction of sp³-hybridized carbons (Fsp3) is 0.227. The summed E-state index contributed by atoms with van der Waals surface area (Å²) in [6.07, 6.45) is 2.11. The molecule has 1 unspecified atom stereocenters. The number of esters is 1. The molecular formula is C22H18Cl2N2O3S. The zero-order valence-electron chi connectivity index (χ0n) is 16.1. The second-order valence-corrected chi connectivity index (χ2v) is 8.74. The standard InChI is InChI=1S/C22H18Cl2N2O3S/c1-29-21(28)16-5-3-12-8-15(4-2-13(12)9-16)20(27)26-22-25-19(11-30-22)14-6-7-17(23)18(24)10-14/h2,4,6-8,10-11,16H,3,5,9H2,1H3,(H,25,26,27). The number of halogens is 2. The number of rotatable bonds is 4. The number of carbonyl (C=O) groups excluding carboxylic acids is 2. The van der Waals surface area contributed by atoms with E-state index in [-0.39, 0.29) is 17.8 Å². The number of ether oxygens (including phenoxy) is 1. The molecule has 3 aromatic rings. The summed E-state index contributed by atoms with van der Waals surface area (Å²) < 4.78 is 4.86. The summed E-state index contributed by atoms with van der Waals surface area (Å²) in [7, 11) is 1.41. The number of hydrogen-bond donors (Lipinski definition) is 1. The van der Waals surface area contributed by atoms with Crippen LogP contribution in [0.25, 0.3) is 11.3 Å². The number of aromatic nitrogens is 1. The molecule has 0 spiro atoms. The molecule has 1 aliphatic rings. The predicted molar refractivity (Wildman–Crippen MR) is 119 cm³/mol. The van der Waals surface area contributed by atoms with Gasteiger partial charge in [0, 0.05) is 16.5 Å². The van der Waals surface area contributed by atoms with Crippen molar-refractivity contribution in [3.05, 3.63) is 68.5 Å². The monoisotopic (exact) mass is 460 g/mol. The van der Waals surface area contributed by atoms with Crippen molar-refractivity contribution in [3.8, 4) is 11.3 Å². The molecule has 1 aliphatic carbocycles. The summed E-state index contributed by atoms with van der Waals surface area (Å²) >= 11 is 13.4. The molecule has 0 saturated carbocycles. The van der Waals surface area contributed by atoms with Crippen LogP contribution in [0.15, 0.2) is 41.8 Å². The molecule has 0 fully saturated rings. The van der Waals surface area contributed by atoms with Crippen molar-refractivity contribution in [3.63, 3.8) is 0 Å². The average molecular weight is 461 g/mol. The Bertz CT molecular complexity index is 1130. The minimum absolute atomic E-state index is 0.114. The maximum atomic E-state index is 12.7. The molecule has 4 rings (SSSR count). The van der Waals surface area contributed by atoms with E-state index in [2.05, 4.69) is 10.3 Å². The first-order valence-electron chi connectivity index (χ1n) is 9.36. The summed E-state index contributed by atoms with van der Waals surface area (Å²) in [6.45, 7) is 0. The molecule has 8 heteroatoms. The minimum atomic E-state index is -0.220. The van der Waals surface area contributed by atoms with E-state index < -0.39 is 0 Å². The first-order valence-corrected chi connectivity index (χ1v) is 11.0. The Hall–Kier alpha value is -2.41. The van der Waals surface area contributed by atoms with E-state index in [1.54, 1.807) is 18.2 Å². The van der Waals surface area contributed by atoms with Gasteiger partial charge < -0.3 is 4.74 Å². The van der Waals surface area contributed by atoms with Crippen molar-refractivity contribution < 1.29 is 14.3 Å². The molecule has 1 atom stereocenters. The topological polar surface area (TPSA) is 68.3 Å². The van der Waals surface area contributed by atoms with Gasteiger partial charge in [-0.25, -0.2) is 4.98 Å². The largest absolute Gasteiger partial charge is 0.469 e. The lowest BCUT2D eigenvalue weighted by molar-refractivity contribution is -0.145. The molecule has 2 aromatic carbocycles. The van der Waals surface area contributed by atoms with Crippen LogP contribution in [-0.2, 0) is 22.4 Å². The van der Waals surface area contributed by atoms with Crippen LogP contribution >= 0.6 is 34.5 Å². The van der Waals surface area contributed by atoms with Gasteiger partial charge >= 0.3 is 5.97 Å². The SMILES string of the molecule is COC(=O)C1CCc2cc(C(=O)Nc3nc(-c4ccc(Cl)c(Cl)c4)cs3)ccc2C1. The maximum absolute atomic E-state index is 12.7. The Morgan fingerprint density at radius 1 is 1.13 bits per heavy atom. The lowest BCUT2D eigenvalue weighted by atomic mass is 9.83. The van der Waals surface area contributed by atoms with Crippen LogP contribution in [0.5, 0.6) is 0 Å². The molecular weight excluding hydrogens is 443 g/mol. The van der Waals surface area contributed by atoms with Gasteiger partial charge in [-0.1, -0.05) is 35.3 Å². The Labute approximate surface area is 188 Å². The second-order valence-electron chi connectivity index (χ2n) is 7.07. The molecule has 1 amide bonds. The van der Waals surface area contributed by atoms with Crippen LogP contribution in [0, 0.1) is 5.92 Å². The lowest BCUT2D eigenvalue weighted by Gasteiger charge is -2.23. The normalized spacial score (nSPS) is 15.4. The molecule has 0 bridgehead atoms. The summed E-state index contributed by atoms with van der Waals surface area (Å²) in [5.41, 5.74) is 4.29. The maximum Gasteiger partial charge on any atom is 0.309 e. The van der Waals surface area contributed by atoms with Gasteiger partial charge in [-0.05, 0) is 54.7 Å². The molecule has 1 heterocycles. The van der Waals surface area contributed by atoms with Gasteiger partial charge in [0.05, 0.1) is 28.8 Å². The van der Waals surface area contributed by atoms with Crippen LogP contribution < -0.4 is 5.32 Å². The zero-order valence-corrected chi connectivity index (χ0v) is 18.4. The first kappa shape index (κ1) is 20.8. The summed E-state index contributed by atoms with van der Waals surface area (Å²) in [4.78, 5) is 29.0. The van der Waals surface area contributed by atoms with Crippen molar-refractivity contribution in [1.29, 1.82) is 0 Å². The Balaban J connectivity index is 1.47. The zero-order chi connectivity index (χ0) is 21.3. The Morgan fingerprint density at radius 3 is 2.73 bits per heavy atom. The summed E-state index contributed by atoms with van der Waals surface area (Å²) in [5.74, 6) is -0.510. The highest BCUT2D eigenvalue weighted by atomic mass is 35.5. The van der Waals surface area contributed by atoms with Gasteiger partial charge in [0.25, 0.3) is 5.91 Å². The second kappa shape index (κ2) is 8.76. The van der Waals surface area contributed by atoms with Crippen molar-refractivity contribution >= 4 is 51.5 Å². The molecule has 30 heavy (non-hydrogen) atoms. The third-order valence-electron chi connectivity index (χ3n) is 5.17. The third kappa shape index (κ3) is 4.36. The number of amides is 1. The molecule has 1 N–H and O–H groups in total. The highest BCUT2D eigenvalue weighted by Gasteiger charge is 2.26. The number of fused-ring (bicyclic) bond motifs is 1. The van der Waals surface area contributed by atoms with Crippen molar-refractivity contribution in [2.24, 2.45) is 5.92 Å². The highest BCUT2D eigenvalue weighted by molar-refractivity contribution is 7.14. The number of hydrogen-bond acceptors (Lipinski definition) is 5. The van der Waals surface area contributed by atoms with Gasteiger partial charge in [0.2, 0.25) is 0 Å². The van der Waals surface area contributed by atoms with E-state index in [1.165, 1.54) is 18.4 Å². The number of methoxy groups -OCH3 is 1. The van der Waals surface area contributed by atoms with E-state index in [4.69, 9.17) is 27.9 Å². The molecule has 0 saturated heterocycles. The molecule has 0 radical (unpaired) electrons. The quantitative estimate of drug-likeness (QED) is 0.510. The van der Waals surface area contributed by atoms with Crippen LogP contribution in [0.3, 0.4) is 0 Å². The number of nitrogens with one attached hydrogen (secondary N) is 1. The minimum Gasteiger partial charge on any atom is -0.469 e. The van der Waals surface area contributed by atoms with Gasteiger partial charge in [-0.3, -0.25) is 14.9 Å². The predicted octanol–water partition coefficient (Wildman–Crippen LogP) is 5.65. The van der Waals surface area contributed by atoms with Gasteiger partial charge in [0.1, 0.15) is 0 Å². The molecule has 154 valence electrons. The fourth-order valence-electron chi connectivity index (χ4n) is 3.55. The van der Waals surface area contributed by atoms with E-state index in [0.717, 1.165) is 29.5 Å². The summed E-state index contributed by atoms with van der Waals surface area (Å²) in [5, 5.41) is 6.15. The molecule has 0 aliphatic heterocycles. The van der Waals surface area contributed by atoms with E-state index >= 15 is 0 Å². The number of carbonyl (C=O) groups is 2. The van der Waals surface area contributed by atoms with Crippen LogP contribution in [0.1, 0.15) is 27.9 Å². The smallest absolute Gasteiger partial charge is 0.309 e. The Morgan fingerprint density at radius 2 is 1.97 bits per heavy atom. The third-order valence-corrected chi connectivity index (χ3v) is 6.67. The van der Waals surface area contributed by atoms with Crippen molar-refractivity contribution in [2.75, 3.05) is 12.4 Å². The number of anilines is 1. The lowest BCUT2D eigenvalue weighted by Crippen LogP contribution is -2.24. The Kier molecular flexibility index (Phi) is 6.09.